The van der Waals surface area contributed by atoms with Crippen molar-refractivity contribution in [1.29, 1.82) is 0 Å². The number of hydrogen-bond donors (Lipinski definition) is 1. The van der Waals surface area contributed by atoms with Crippen molar-refractivity contribution in [1.82, 2.24) is 14.7 Å². The van der Waals surface area contributed by atoms with Crippen molar-refractivity contribution in [2.24, 2.45) is 0 Å². The molecule has 0 aromatic carbocycles. The molecule has 1 fully saturated rings. The van der Waals surface area contributed by atoms with Gasteiger partial charge >= 0.3 is 6.03 Å². The van der Waals surface area contributed by atoms with Gasteiger partial charge in [-0.05, 0) is 25.0 Å². The molecule has 0 saturated carbocycles. The molecule has 1 unspecified atom stereocenters. The van der Waals surface area contributed by atoms with Crippen molar-refractivity contribution in [3.05, 3.63) is 36.5 Å². The number of alkyl halides is 2. The number of amides is 2. The Hall–Kier alpha value is -2.38. The average molecular weight is 338 g/mol. The van der Waals surface area contributed by atoms with Crippen LogP contribution in [0.3, 0.4) is 0 Å². The van der Waals surface area contributed by atoms with Gasteiger partial charge in [-0.3, -0.25) is 4.68 Å². The van der Waals surface area contributed by atoms with E-state index in [1.165, 1.54) is 12.4 Å². The number of halogens is 2. The Kier molecular flexibility index (Phi) is 5.12. The summed E-state index contributed by atoms with van der Waals surface area (Å²) in [7, 11) is 0. The van der Waals surface area contributed by atoms with E-state index in [9.17, 15) is 13.6 Å². The van der Waals surface area contributed by atoms with E-state index in [2.05, 4.69) is 10.4 Å². The van der Waals surface area contributed by atoms with Gasteiger partial charge in [0.1, 0.15) is 12.3 Å². The number of furan rings is 1. The van der Waals surface area contributed by atoms with Gasteiger partial charge in [0.15, 0.2) is 0 Å². The molecular weight excluding hydrogens is 318 g/mol. The molecule has 3 heterocycles. The molecule has 0 aliphatic carbocycles. The SMILES string of the molecule is O=C(Nc1cnn(CC(F)F)c1)N1CCCCCC1c1ccco1. The van der Waals surface area contributed by atoms with E-state index < -0.39 is 13.0 Å². The molecule has 8 heteroatoms. The molecular formula is C16H20F2N4O2. The summed E-state index contributed by atoms with van der Waals surface area (Å²) in [5.74, 6) is 0.764. The largest absolute Gasteiger partial charge is 0.467 e. The van der Waals surface area contributed by atoms with Crippen LogP contribution in [-0.4, -0.2) is 33.7 Å². The van der Waals surface area contributed by atoms with Crippen LogP contribution in [-0.2, 0) is 6.54 Å². The second kappa shape index (κ2) is 7.46. The molecule has 6 nitrogen and oxygen atoms in total. The van der Waals surface area contributed by atoms with Crippen LogP contribution in [0.1, 0.15) is 37.5 Å². The molecule has 2 aromatic rings. The van der Waals surface area contributed by atoms with Gasteiger partial charge in [-0.2, -0.15) is 5.10 Å². The van der Waals surface area contributed by atoms with Crippen molar-refractivity contribution in [2.75, 3.05) is 11.9 Å². The first-order valence-electron chi connectivity index (χ1n) is 8.05. The van der Waals surface area contributed by atoms with Crippen LogP contribution in [0, 0.1) is 0 Å². The normalized spacial score (nSPS) is 18.6. The number of nitrogens with zero attached hydrogens (tertiary/aromatic N) is 3. The lowest BCUT2D eigenvalue weighted by Gasteiger charge is -2.28. The zero-order valence-corrected chi connectivity index (χ0v) is 13.2. The van der Waals surface area contributed by atoms with E-state index >= 15 is 0 Å². The second-order valence-corrected chi connectivity index (χ2v) is 5.85. The lowest BCUT2D eigenvalue weighted by Crippen LogP contribution is -2.37. The van der Waals surface area contributed by atoms with E-state index in [0.29, 0.717) is 12.2 Å². The molecule has 0 radical (unpaired) electrons. The Morgan fingerprint density at radius 3 is 3.04 bits per heavy atom. The highest BCUT2D eigenvalue weighted by molar-refractivity contribution is 5.89. The Morgan fingerprint density at radius 2 is 2.29 bits per heavy atom. The third kappa shape index (κ3) is 3.93. The fraction of sp³-hybridized carbons (Fsp3) is 0.500. The first-order valence-corrected chi connectivity index (χ1v) is 8.05. The molecule has 0 bridgehead atoms. The minimum absolute atomic E-state index is 0.112. The van der Waals surface area contributed by atoms with Gasteiger partial charge in [0.2, 0.25) is 0 Å². The van der Waals surface area contributed by atoms with Crippen molar-refractivity contribution >= 4 is 11.7 Å². The number of anilines is 1. The van der Waals surface area contributed by atoms with Gasteiger partial charge in [0.05, 0.1) is 24.2 Å². The summed E-state index contributed by atoms with van der Waals surface area (Å²) in [5.41, 5.74) is 0.406. The molecule has 2 amide bonds. The van der Waals surface area contributed by atoms with Crippen molar-refractivity contribution in [2.45, 2.75) is 44.7 Å². The van der Waals surface area contributed by atoms with Gasteiger partial charge in [0, 0.05) is 12.7 Å². The number of rotatable bonds is 4. The van der Waals surface area contributed by atoms with E-state index in [1.807, 2.05) is 12.1 Å². The molecule has 1 atom stereocenters. The van der Waals surface area contributed by atoms with Crippen LogP contribution < -0.4 is 5.32 Å². The van der Waals surface area contributed by atoms with Gasteiger partial charge in [0.25, 0.3) is 6.43 Å². The predicted molar refractivity (Wildman–Crippen MR) is 83.9 cm³/mol. The van der Waals surface area contributed by atoms with Crippen molar-refractivity contribution < 1.29 is 18.0 Å². The number of nitrogens with one attached hydrogen (secondary N) is 1. The van der Waals surface area contributed by atoms with Crippen LogP contribution in [0.4, 0.5) is 19.3 Å². The van der Waals surface area contributed by atoms with Crippen molar-refractivity contribution in [3.8, 4) is 0 Å². The first kappa shape index (κ1) is 16.5. The topological polar surface area (TPSA) is 63.3 Å². The Balaban J connectivity index is 1.70. The minimum Gasteiger partial charge on any atom is -0.467 e. The molecule has 1 aliphatic heterocycles. The van der Waals surface area contributed by atoms with E-state index in [-0.39, 0.29) is 12.1 Å². The lowest BCUT2D eigenvalue weighted by molar-refractivity contribution is 0.122. The first-order chi connectivity index (χ1) is 11.6. The highest BCUT2D eigenvalue weighted by atomic mass is 19.3. The molecule has 2 aromatic heterocycles. The summed E-state index contributed by atoms with van der Waals surface area (Å²) in [6, 6.07) is 3.30. The Bertz CT molecular complexity index is 657. The summed E-state index contributed by atoms with van der Waals surface area (Å²) in [6.07, 6.45) is 5.76. The quantitative estimate of drug-likeness (QED) is 0.920. The van der Waals surface area contributed by atoms with Crippen LogP contribution in [0.25, 0.3) is 0 Å². The minimum atomic E-state index is -2.48. The summed E-state index contributed by atoms with van der Waals surface area (Å²) >= 11 is 0. The van der Waals surface area contributed by atoms with Crippen LogP contribution in [0.2, 0.25) is 0 Å². The maximum absolute atomic E-state index is 12.6. The zero-order valence-electron chi connectivity index (χ0n) is 13.2. The molecule has 1 saturated heterocycles. The third-order valence-corrected chi connectivity index (χ3v) is 4.09. The number of carbonyl (C=O) groups excluding carboxylic acids is 1. The smallest absolute Gasteiger partial charge is 0.322 e. The summed E-state index contributed by atoms with van der Waals surface area (Å²) in [5, 5.41) is 6.57. The standard InChI is InChI=1S/C16H20F2N4O2/c17-15(18)11-21-10-12(9-19-21)20-16(23)22-7-3-1-2-5-13(22)14-6-4-8-24-14/h4,6,8-10,13,15H,1-3,5,7,11H2,(H,20,23). The third-order valence-electron chi connectivity index (χ3n) is 4.09. The van der Waals surface area contributed by atoms with Gasteiger partial charge in [-0.25, -0.2) is 13.6 Å². The molecule has 3 rings (SSSR count). The number of likely N-dealkylation sites (tertiary alicyclic amines) is 1. The van der Waals surface area contributed by atoms with E-state index in [0.717, 1.165) is 36.1 Å². The number of urea groups is 1. The number of aromatic nitrogens is 2. The maximum atomic E-state index is 12.6. The fourth-order valence-corrected chi connectivity index (χ4v) is 2.99. The monoisotopic (exact) mass is 338 g/mol. The highest BCUT2D eigenvalue weighted by Crippen LogP contribution is 2.30. The molecule has 1 aliphatic rings. The number of carbonyl (C=O) groups is 1. The van der Waals surface area contributed by atoms with Gasteiger partial charge < -0.3 is 14.6 Å². The lowest BCUT2D eigenvalue weighted by atomic mass is 10.1. The van der Waals surface area contributed by atoms with Crippen LogP contribution >= 0.6 is 0 Å². The zero-order chi connectivity index (χ0) is 16.9. The molecule has 130 valence electrons. The van der Waals surface area contributed by atoms with Crippen molar-refractivity contribution in [3.63, 3.8) is 0 Å². The van der Waals surface area contributed by atoms with Gasteiger partial charge in [-0.1, -0.05) is 12.8 Å². The Morgan fingerprint density at radius 1 is 1.42 bits per heavy atom. The average Bonchev–Trinajstić information content (AvgIpc) is 3.14. The second-order valence-electron chi connectivity index (χ2n) is 5.85. The van der Waals surface area contributed by atoms with Gasteiger partial charge in [-0.15, -0.1) is 0 Å². The molecule has 1 N–H and O–H groups in total. The van der Waals surface area contributed by atoms with E-state index in [4.69, 9.17) is 4.42 Å². The van der Waals surface area contributed by atoms with Crippen LogP contribution in [0.15, 0.2) is 35.2 Å². The Labute approximate surface area is 138 Å². The highest BCUT2D eigenvalue weighted by Gasteiger charge is 2.28. The fourth-order valence-electron chi connectivity index (χ4n) is 2.99. The summed E-state index contributed by atoms with van der Waals surface area (Å²) in [6.45, 7) is 0.136. The molecule has 24 heavy (non-hydrogen) atoms. The summed E-state index contributed by atoms with van der Waals surface area (Å²) < 4.78 is 31.3. The van der Waals surface area contributed by atoms with Crippen LogP contribution in [0.5, 0.6) is 0 Å². The molecule has 0 spiro atoms. The van der Waals surface area contributed by atoms with E-state index in [1.54, 1.807) is 11.2 Å². The maximum Gasteiger partial charge on any atom is 0.322 e. The predicted octanol–water partition coefficient (Wildman–Crippen LogP) is 3.89. The number of hydrogen-bond acceptors (Lipinski definition) is 3. The summed E-state index contributed by atoms with van der Waals surface area (Å²) in [4.78, 5) is 14.4.